The molecule has 0 heterocycles. The second-order valence-corrected chi connectivity index (χ2v) is 12.1. The fourth-order valence-electron chi connectivity index (χ4n) is 4.18. The number of hydrogen-bond donors (Lipinski definition) is 1. The van der Waals surface area contributed by atoms with Gasteiger partial charge in [0.15, 0.2) is 0 Å². The van der Waals surface area contributed by atoms with Gasteiger partial charge in [-0.15, -0.1) is 0 Å². The van der Waals surface area contributed by atoms with Crippen LogP contribution in [-0.4, -0.2) is 50.9 Å². The highest BCUT2D eigenvalue weighted by atomic mass is 35.5. The van der Waals surface area contributed by atoms with Crippen LogP contribution in [0.3, 0.4) is 0 Å². The van der Waals surface area contributed by atoms with E-state index in [9.17, 15) is 18.0 Å². The monoisotopic (exact) mass is 605 g/mol. The number of amides is 2. The van der Waals surface area contributed by atoms with Crippen molar-refractivity contribution in [2.24, 2.45) is 0 Å². The largest absolute Gasteiger partial charge is 0.497 e. The minimum absolute atomic E-state index is 0.0160. The number of hydrogen-bond acceptors (Lipinski definition) is 5. The third-order valence-corrected chi connectivity index (χ3v) is 8.40. The first-order valence-corrected chi connectivity index (χ1v) is 14.9. The number of methoxy groups -OCH3 is 1. The van der Waals surface area contributed by atoms with Gasteiger partial charge in [0.25, 0.3) is 10.0 Å². The van der Waals surface area contributed by atoms with Gasteiger partial charge in [-0.2, -0.15) is 0 Å². The maximum Gasteiger partial charge on any atom is 0.264 e. The van der Waals surface area contributed by atoms with E-state index >= 15 is 0 Å². The molecule has 0 aromatic heterocycles. The average Bonchev–Trinajstić information content (AvgIpc) is 2.92. The predicted molar refractivity (Wildman–Crippen MR) is 158 cm³/mol. The summed E-state index contributed by atoms with van der Waals surface area (Å²) in [5, 5.41) is 3.24. The minimum atomic E-state index is -4.24. The summed E-state index contributed by atoms with van der Waals surface area (Å²) < 4.78 is 34.0. The molecule has 3 aromatic carbocycles. The Labute approximate surface area is 245 Å². The fraction of sp³-hybridized carbons (Fsp3) is 0.310. The van der Waals surface area contributed by atoms with Crippen molar-refractivity contribution < 1.29 is 22.7 Å². The van der Waals surface area contributed by atoms with E-state index in [1.54, 1.807) is 43.3 Å². The van der Waals surface area contributed by atoms with E-state index in [0.717, 1.165) is 4.31 Å². The van der Waals surface area contributed by atoms with Crippen molar-refractivity contribution >= 4 is 50.7 Å². The van der Waals surface area contributed by atoms with Gasteiger partial charge >= 0.3 is 0 Å². The SMILES string of the molecule is CC[C@H](C(=O)NC(C)C)N(Cc1cccc(OC)c1)C(=O)CN(c1ccc(Cl)cc1Cl)S(=O)(=O)c1ccccc1. The van der Waals surface area contributed by atoms with Crippen LogP contribution in [0.5, 0.6) is 5.75 Å². The summed E-state index contributed by atoms with van der Waals surface area (Å²) in [5.74, 6) is -0.333. The van der Waals surface area contributed by atoms with Crippen LogP contribution in [0.15, 0.2) is 77.7 Å². The average molecular weight is 607 g/mol. The van der Waals surface area contributed by atoms with Gasteiger partial charge in [0.05, 0.1) is 22.7 Å². The smallest absolute Gasteiger partial charge is 0.264 e. The summed E-state index contributed by atoms with van der Waals surface area (Å²) in [6, 6.07) is 18.2. The number of ether oxygens (including phenoxy) is 1. The van der Waals surface area contributed by atoms with Crippen molar-refractivity contribution in [3.63, 3.8) is 0 Å². The third kappa shape index (κ3) is 7.68. The number of nitrogens with zero attached hydrogens (tertiary/aromatic N) is 2. The van der Waals surface area contributed by atoms with Crippen LogP contribution in [-0.2, 0) is 26.2 Å². The van der Waals surface area contributed by atoms with Crippen molar-refractivity contribution in [2.75, 3.05) is 18.0 Å². The van der Waals surface area contributed by atoms with Gasteiger partial charge < -0.3 is 15.0 Å². The Kier molecular flexibility index (Phi) is 10.8. The van der Waals surface area contributed by atoms with Crippen molar-refractivity contribution in [1.29, 1.82) is 0 Å². The lowest BCUT2D eigenvalue weighted by Gasteiger charge is -2.33. The number of benzene rings is 3. The molecule has 40 heavy (non-hydrogen) atoms. The molecule has 2 amide bonds. The molecule has 0 radical (unpaired) electrons. The summed E-state index contributed by atoms with van der Waals surface area (Å²) in [5.41, 5.74) is 0.801. The van der Waals surface area contributed by atoms with Gasteiger partial charge in [-0.25, -0.2) is 8.42 Å². The van der Waals surface area contributed by atoms with Crippen molar-refractivity contribution in [3.8, 4) is 5.75 Å². The summed E-state index contributed by atoms with van der Waals surface area (Å²) >= 11 is 12.5. The molecule has 1 N–H and O–H groups in total. The Morgan fingerprint density at radius 2 is 1.68 bits per heavy atom. The molecule has 0 spiro atoms. The van der Waals surface area contributed by atoms with E-state index in [0.29, 0.717) is 22.8 Å². The van der Waals surface area contributed by atoms with E-state index in [1.807, 2.05) is 19.9 Å². The summed E-state index contributed by atoms with van der Waals surface area (Å²) in [7, 11) is -2.70. The zero-order chi connectivity index (χ0) is 29.4. The fourth-order valence-corrected chi connectivity index (χ4v) is 6.20. The van der Waals surface area contributed by atoms with Crippen LogP contribution in [0.25, 0.3) is 0 Å². The zero-order valence-electron chi connectivity index (χ0n) is 22.8. The minimum Gasteiger partial charge on any atom is -0.497 e. The molecule has 3 rings (SSSR count). The molecule has 0 aliphatic heterocycles. The highest BCUT2D eigenvalue weighted by molar-refractivity contribution is 7.92. The number of nitrogens with one attached hydrogen (secondary N) is 1. The highest BCUT2D eigenvalue weighted by Gasteiger charge is 2.34. The van der Waals surface area contributed by atoms with Crippen LogP contribution >= 0.6 is 23.2 Å². The van der Waals surface area contributed by atoms with Crippen LogP contribution in [0.1, 0.15) is 32.8 Å². The molecule has 0 bridgehead atoms. The van der Waals surface area contributed by atoms with Crippen molar-refractivity contribution in [1.82, 2.24) is 10.2 Å². The van der Waals surface area contributed by atoms with Crippen LogP contribution in [0, 0.1) is 0 Å². The van der Waals surface area contributed by atoms with E-state index in [2.05, 4.69) is 5.32 Å². The van der Waals surface area contributed by atoms with Crippen LogP contribution in [0.2, 0.25) is 10.0 Å². The van der Waals surface area contributed by atoms with E-state index < -0.39 is 28.5 Å². The maximum absolute atomic E-state index is 14.1. The Bertz CT molecular complexity index is 1430. The molecule has 0 unspecified atom stereocenters. The quantitative estimate of drug-likeness (QED) is 0.293. The van der Waals surface area contributed by atoms with Crippen molar-refractivity contribution in [3.05, 3.63) is 88.4 Å². The molecule has 0 aliphatic rings. The van der Waals surface area contributed by atoms with Gasteiger partial charge in [-0.1, -0.05) is 60.5 Å². The molecule has 1 atom stereocenters. The summed E-state index contributed by atoms with van der Waals surface area (Å²) in [6.45, 7) is 4.90. The number of rotatable bonds is 12. The molecular formula is C29H33Cl2N3O5S. The van der Waals surface area contributed by atoms with Crippen LogP contribution < -0.4 is 14.4 Å². The Hall–Kier alpha value is -3.27. The van der Waals surface area contributed by atoms with Crippen molar-refractivity contribution in [2.45, 2.75) is 50.7 Å². The second-order valence-electron chi connectivity index (χ2n) is 9.38. The highest BCUT2D eigenvalue weighted by Crippen LogP contribution is 2.33. The molecule has 8 nitrogen and oxygen atoms in total. The lowest BCUT2D eigenvalue weighted by Crippen LogP contribution is -2.53. The Morgan fingerprint density at radius 3 is 2.27 bits per heavy atom. The first-order chi connectivity index (χ1) is 19.0. The topological polar surface area (TPSA) is 96.0 Å². The normalized spacial score (nSPS) is 12.1. The number of carbonyl (C=O) groups is 2. The van der Waals surface area contributed by atoms with Gasteiger partial charge in [-0.3, -0.25) is 13.9 Å². The molecule has 11 heteroatoms. The maximum atomic E-state index is 14.1. The summed E-state index contributed by atoms with van der Waals surface area (Å²) in [4.78, 5) is 28.7. The van der Waals surface area contributed by atoms with Gasteiger partial charge in [0, 0.05) is 17.6 Å². The van der Waals surface area contributed by atoms with Crippen LogP contribution in [0.4, 0.5) is 5.69 Å². The molecule has 214 valence electrons. The predicted octanol–water partition coefficient (Wildman–Crippen LogP) is 5.53. The third-order valence-electron chi connectivity index (χ3n) is 6.09. The van der Waals surface area contributed by atoms with Gasteiger partial charge in [0.2, 0.25) is 11.8 Å². The second kappa shape index (κ2) is 13.9. The Balaban J connectivity index is 2.09. The molecule has 3 aromatic rings. The molecule has 0 fully saturated rings. The van der Waals surface area contributed by atoms with E-state index in [1.165, 1.54) is 42.3 Å². The molecule has 0 aliphatic carbocycles. The molecular weight excluding hydrogens is 573 g/mol. The lowest BCUT2D eigenvalue weighted by molar-refractivity contribution is -0.140. The number of halogens is 2. The first-order valence-electron chi connectivity index (χ1n) is 12.7. The summed E-state index contributed by atoms with van der Waals surface area (Å²) in [6.07, 6.45) is 0.307. The lowest BCUT2D eigenvalue weighted by atomic mass is 10.1. The van der Waals surface area contributed by atoms with E-state index in [-0.39, 0.29) is 34.1 Å². The Morgan fingerprint density at radius 1 is 0.975 bits per heavy atom. The molecule has 0 saturated carbocycles. The van der Waals surface area contributed by atoms with Gasteiger partial charge in [0.1, 0.15) is 18.3 Å². The number of anilines is 1. The number of sulfonamides is 1. The zero-order valence-corrected chi connectivity index (χ0v) is 25.1. The van der Waals surface area contributed by atoms with E-state index in [4.69, 9.17) is 27.9 Å². The number of carbonyl (C=O) groups excluding carboxylic acids is 2. The molecule has 0 saturated heterocycles. The first kappa shape index (κ1) is 31.3. The standard InChI is InChI=1S/C29H33Cl2N3O5S/c1-5-26(29(36)32-20(2)3)33(18-21-10-9-11-23(16-21)39-4)28(35)19-34(27-15-14-22(30)17-25(27)31)40(37,38)24-12-7-6-8-13-24/h6-17,20,26H,5,18-19H2,1-4H3,(H,32,36)/t26-/m1/s1. The van der Waals surface area contributed by atoms with Gasteiger partial charge in [-0.05, 0) is 68.3 Å².